The summed E-state index contributed by atoms with van der Waals surface area (Å²) in [7, 11) is 0. The van der Waals surface area contributed by atoms with Crippen molar-refractivity contribution >= 4 is 27.5 Å². The Balaban J connectivity index is 1.94. The van der Waals surface area contributed by atoms with E-state index in [4.69, 9.17) is 0 Å². The Hall–Kier alpha value is -0.960. The predicted octanol–water partition coefficient (Wildman–Crippen LogP) is 2.86. The van der Waals surface area contributed by atoms with Crippen molar-refractivity contribution in [1.29, 1.82) is 0 Å². The molecule has 1 atom stereocenters. The van der Waals surface area contributed by atoms with E-state index < -0.39 is 0 Å². The van der Waals surface area contributed by atoms with Crippen LogP contribution in [-0.2, 0) is 22.4 Å². The second kappa shape index (κ2) is 3.77. The minimum atomic E-state index is -0.267. The van der Waals surface area contributed by atoms with Crippen LogP contribution in [0.25, 0.3) is 0 Å². The third-order valence-corrected chi connectivity index (χ3v) is 4.55. The van der Waals surface area contributed by atoms with Gasteiger partial charge in [-0.3, -0.25) is 9.59 Å². The lowest BCUT2D eigenvalue weighted by molar-refractivity contribution is -0.137. The number of ketones is 2. The summed E-state index contributed by atoms with van der Waals surface area (Å²) in [6.07, 6.45) is 3.09. The monoisotopic (exact) mass is 292 g/mol. The van der Waals surface area contributed by atoms with Gasteiger partial charge in [0, 0.05) is 16.3 Å². The number of carbonyl (C=O) groups excluding carboxylic acids is 2. The molecule has 0 aromatic heterocycles. The van der Waals surface area contributed by atoms with Crippen molar-refractivity contribution in [3.63, 3.8) is 0 Å². The summed E-state index contributed by atoms with van der Waals surface area (Å²) in [6, 6.07) is 6.22. The number of carbonyl (C=O) groups is 2. The highest BCUT2D eigenvalue weighted by atomic mass is 79.9. The van der Waals surface area contributed by atoms with Crippen molar-refractivity contribution in [3.05, 3.63) is 33.8 Å². The predicted molar refractivity (Wildman–Crippen MR) is 67.8 cm³/mol. The molecule has 1 saturated carbocycles. The van der Waals surface area contributed by atoms with Crippen LogP contribution < -0.4 is 0 Å². The van der Waals surface area contributed by atoms with E-state index in [1.165, 1.54) is 11.1 Å². The van der Waals surface area contributed by atoms with Crippen LogP contribution >= 0.6 is 15.9 Å². The first kappa shape index (κ1) is 11.1. The Morgan fingerprint density at radius 3 is 2.65 bits per heavy atom. The summed E-state index contributed by atoms with van der Waals surface area (Å²) in [5.74, 6) is 0.263. The van der Waals surface area contributed by atoms with Crippen LogP contribution in [0, 0.1) is 5.41 Å². The molecule has 0 amide bonds. The van der Waals surface area contributed by atoms with Crippen molar-refractivity contribution in [2.45, 2.75) is 32.1 Å². The van der Waals surface area contributed by atoms with Gasteiger partial charge >= 0.3 is 0 Å². The second-order valence-electron chi connectivity index (χ2n) is 5.19. The van der Waals surface area contributed by atoms with Crippen molar-refractivity contribution < 1.29 is 9.59 Å². The highest BCUT2D eigenvalue weighted by molar-refractivity contribution is 9.10. The second-order valence-corrected chi connectivity index (χ2v) is 6.10. The molecule has 0 heterocycles. The fourth-order valence-electron chi connectivity index (χ4n) is 3.07. The molecule has 0 bridgehead atoms. The number of hydrogen-bond acceptors (Lipinski definition) is 2. The first-order chi connectivity index (χ1) is 8.09. The Kier molecular flexibility index (Phi) is 2.47. The van der Waals surface area contributed by atoms with Gasteiger partial charge in [0.05, 0.1) is 6.42 Å². The zero-order chi connectivity index (χ0) is 12.0. The van der Waals surface area contributed by atoms with Crippen LogP contribution in [0.1, 0.15) is 30.4 Å². The van der Waals surface area contributed by atoms with E-state index in [0.717, 1.165) is 23.7 Å². The van der Waals surface area contributed by atoms with Crippen LogP contribution in [0.5, 0.6) is 0 Å². The number of hydrogen-bond donors (Lipinski definition) is 0. The average molecular weight is 293 g/mol. The molecule has 0 radical (unpaired) electrons. The quantitative estimate of drug-likeness (QED) is 0.689. The maximum Gasteiger partial charge on any atom is 0.147 e. The van der Waals surface area contributed by atoms with Crippen LogP contribution in [0.2, 0.25) is 0 Å². The third kappa shape index (κ3) is 1.77. The zero-order valence-electron chi connectivity index (χ0n) is 9.46. The maximum atomic E-state index is 12.1. The lowest BCUT2D eigenvalue weighted by atomic mass is 9.70. The molecule has 0 N–H and O–H groups in total. The number of benzene rings is 1. The van der Waals surface area contributed by atoms with Gasteiger partial charge in [-0.1, -0.05) is 22.0 Å². The van der Waals surface area contributed by atoms with Crippen molar-refractivity contribution in [2.75, 3.05) is 0 Å². The van der Waals surface area contributed by atoms with Crippen LogP contribution in [-0.4, -0.2) is 11.6 Å². The van der Waals surface area contributed by atoms with E-state index in [9.17, 15) is 9.59 Å². The summed E-state index contributed by atoms with van der Waals surface area (Å²) in [5.41, 5.74) is 2.27. The molecule has 1 aromatic carbocycles. The highest BCUT2D eigenvalue weighted by Gasteiger charge is 2.46. The molecular formula is C14H13BrO2. The van der Waals surface area contributed by atoms with Gasteiger partial charge in [0.2, 0.25) is 0 Å². The SMILES string of the molecule is O=C1CCC2(Cc3ccc(Br)cc3C2)C(=O)C1. The summed E-state index contributed by atoms with van der Waals surface area (Å²) in [6.45, 7) is 0. The van der Waals surface area contributed by atoms with Gasteiger partial charge in [-0.2, -0.15) is 0 Å². The highest BCUT2D eigenvalue weighted by Crippen LogP contribution is 2.44. The molecule has 2 nitrogen and oxygen atoms in total. The van der Waals surface area contributed by atoms with E-state index >= 15 is 0 Å². The average Bonchev–Trinajstić information content (AvgIpc) is 2.63. The third-order valence-electron chi connectivity index (χ3n) is 4.06. The normalized spacial score (nSPS) is 27.6. The molecule has 1 fully saturated rings. The first-order valence-corrected chi connectivity index (χ1v) is 6.71. The Morgan fingerprint density at radius 1 is 1.12 bits per heavy atom. The fourth-order valence-corrected chi connectivity index (χ4v) is 3.48. The largest absolute Gasteiger partial charge is 0.299 e. The van der Waals surface area contributed by atoms with Gasteiger partial charge in [-0.05, 0) is 42.5 Å². The van der Waals surface area contributed by atoms with Crippen LogP contribution in [0.4, 0.5) is 0 Å². The number of rotatable bonds is 0. The molecule has 88 valence electrons. The topological polar surface area (TPSA) is 34.1 Å². The molecule has 17 heavy (non-hydrogen) atoms. The summed E-state index contributed by atoms with van der Waals surface area (Å²) in [5, 5.41) is 0. The molecule has 0 aliphatic heterocycles. The van der Waals surface area contributed by atoms with Gasteiger partial charge < -0.3 is 0 Å². The standard InChI is InChI=1S/C14H13BrO2/c15-11-2-1-9-7-14(8-10(9)5-11)4-3-12(16)6-13(14)17/h1-2,5H,3-4,6-8H2. The summed E-state index contributed by atoms with van der Waals surface area (Å²) in [4.78, 5) is 23.5. The molecule has 2 aliphatic rings. The number of fused-ring (bicyclic) bond motifs is 1. The molecule has 1 aromatic rings. The number of halogens is 1. The van der Waals surface area contributed by atoms with Crippen LogP contribution in [0.3, 0.4) is 0 Å². The molecule has 2 aliphatic carbocycles. The molecule has 3 heteroatoms. The van der Waals surface area contributed by atoms with Crippen molar-refractivity contribution in [3.8, 4) is 0 Å². The molecule has 1 unspecified atom stereocenters. The minimum Gasteiger partial charge on any atom is -0.299 e. The number of Topliss-reactive ketones (excluding diaryl/α,β-unsaturated/α-hetero) is 2. The zero-order valence-corrected chi connectivity index (χ0v) is 11.0. The lowest BCUT2D eigenvalue weighted by Gasteiger charge is -2.30. The Labute approximate surface area is 109 Å². The minimum absolute atomic E-state index is 0.109. The lowest BCUT2D eigenvalue weighted by Crippen LogP contribution is -2.38. The molecule has 3 rings (SSSR count). The smallest absolute Gasteiger partial charge is 0.147 e. The summed E-state index contributed by atoms with van der Waals surface area (Å²) >= 11 is 3.46. The van der Waals surface area contributed by atoms with Crippen LogP contribution in [0.15, 0.2) is 22.7 Å². The maximum absolute atomic E-state index is 12.1. The first-order valence-electron chi connectivity index (χ1n) is 5.91. The van der Waals surface area contributed by atoms with E-state index in [0.29, 0.717) is 6.42 Å². The fraction of sp³-hybridized carbons (Fsp3) is 0.429. The molecule has 1 spiro atoms. The van der Waals surface area contributed by atoms with E-state index in [1.54, 1.807) is 0 Å². The Morgan fingerprint density at radius 2 is 1.88 bits per heavy atom. The van der Waals surface area contributed by atoms with Crippen molar-refractivity contribution in [1.82, 2.24) is 0 Å². The Bertz CT molecular complexity index is 521. The summed E-state index contributed by atoms with van der Waals surface area (Å²) < 4.78 is 1.06. The van der Waals surface area contributed by atoms with E-state index in [-0.39, 0.29) is 23.4 Å². The molecule has 0 saturated heterocycles. The van der Waals surface area contributed by atoms with E-state index in [1.807, 2.05) is 6.07 Å². The molecular weight excluding hydrogens is 280 g/mol. The van der Waals surface area contributed by atoms with Gasteiger partial charge in [0.25, 0.3) is 0 Å². The van der Waals surface area contributed by atoms with Gasteiger partial charge in [-0.15, -0.1) is 0 Å². The van der Waals surface area contributed by atoms with Gasteiger partial charge in [-0.25, -0.2) is 0 Å². The van der Waals surface area contributed by atoms with Crippen molar-refractivity contribution in [2.24, 2.45) is 5.41 Å². The van der Waals surface area contributed by atoms with E-state index in [2.05, 4.69) is 28.1 Å². The van der Waals surface area contributed by atoms with Gasteiger partial charge in [0.15, 0.2) is 0 Å². The van der Waals surface area contributed by atoms with Gasteiger partial charge in [0.1, 0.15) is 11.6 Å².